The number of ether oxygens (including phenoxy) is 1. The third-order valence-corrected chi connectivity index (χ3v) is 9.31. The van der Waals surface area contributed by atoms with Gasteiger partial charge in [-0.1, -0.05) is 13.3 Å². The van der Waals surface area contributed by atoms with Gasteiger partial charge in [0.05, 0.1) is 25.3 Å². The SMILES string of the molecule is COC(=O)[C@]1(C)CCC[C@@]2(C)[C@@H]3C[C@H]4CC[C@@]3(CC[C@@H]21)[C@H](O)[C@H]4CF. The molecule has 0 saturated heterocycles. The van der Waals surface area contributed by atoms with Crippen LogP contribution in [0.1, 0.15) is 65.2 Å². The quantitative estimate of drug-likeness (QED) is 0.760. The van der Waals surface area contributed by atoms with Crippen LogP contribution < -0.4 is 0 Å². The summed E-state index contributed by atoms with van der Waals surface area (Å²) in [7, 11) is 1.50. The third-order valence-electron chi connectivity index (χ3n) is 9.31. The first kappa shape index (κ1) is 17.8. The van der Waals surface area contributed by atoms with E-state index in [9.17, 15) is 14.3 Å². The fourth-order valence-corrected chi connectivity index (χ4v) is 8.16. The van der Waals surface area contributed by atoms with Gasteiger partial charge >= 0.3 is 5.97 Å². The van der Waals surface area contributed by atoms with E-state index in [0.29, 0.717) is 17.8 Å². The molecule has 5 aliphatic rings. The van der Waals surface area contributed by atoms with Crippen molar-refractivity contribution in [2.24, 2.45) is 39.9 Å². The molecule has 1 N–H and O–H groups in total. The van der Waals surface area contributed by atoms with Gasteiger partial charge in [0.1, 0.15) is 0 Å². The Morgan fingerprint density at radius 1 is 1.16 bits per heavy atom. The van der Waals surface area contributed by atoms with E-state index in [2.05, 4.69) is 13.8 Å². The van der Waals surface area contributed by atoms with Crippen molar-refractivity contribution >= 4 is 5.97 Å². The predicted molar refractivity (Wildman–Crippen MR) is 93.5 cm³/mol. The van der Waals surface area contributed by atoms with Crippen LogP contribution in [0.25, 0.3) is 0 Å². The number of aliphatic hydroxyl groups excluding tert-OH is 1. The maximum absolute atomic E-state index is 13.6. The van der Waals surface area contributed by atoms with Crippen molar-refractivity contribution < 1.29 is 19.0 Å². The highest BCUT2D eigenvalue weighted by Gasteiger charge is 2.68. The lowest BCUT2D eigenvalue weighted by atomic mass is 9.35. The Kier molecular flexibility index (Phi) is 4.03. The van der Waals surface area contributed by atoms with E-state index >= 15 is 0 Å². The number of esters is 1. The van der Waals surface area contributed by atoms with Gasteiger partial charge in [-0.15, -0.1) is 0 Å². The zero-order valence-corrected chi connectivity index (χ0v) is 15.9. The second-order valence-corrected chi connectivity index (χ2v) is 9.94. The Morgan fingerprint density at radius 2 is 1.88 bits per heavy atom. The fourth-order valence-electron chi connectivity index (χ4n) is 8.16. The van der Waals surface area contributed by atoms with Gasteiger partial charge in [-0.25, -0.2) is 0 Å². The largest absolute Gasteiger partial charge is 0.469 e. The monoisotopic (exact) mass is 352 g/mol. The van der Waals surface area contributed by atoms with Crippen molar-refractivity contribution in [3.05, 3.63) is 0 Å². The van der Waals surface area contributed by atoms with Gasteiger partial charge in [-0.2, -0.15) is 0 Å². The summed E-state index contributed by atoms with van der Waals surface area (Å²) in [4.78, 5) is 12.6. The van der Waals surface area contributed by atoms with E-state index in [-0.39, 0.29) is 29.4 Å². The molecule has 142 valence electrons. The Hall–Kier alpha value is -0.640. The fraction of sp³-hybridized carbons (Fsp3) is 0.952. The van der Waals surface area contributed by atoms with Gasteiger partial charge in [-0.05, 0) is 75.0 Å². The molecule has 0 aliphatic heterocycles. The van der Waals surface area contributed by atoms with Crippen LogP contribution in [0, 0.1) is 39.9 Å². The number of fused-ring (bicyclic) bond motifs is 3. The number of carbonyl (C=O) groups is 1. The van der Waals surface area contributed by atoms with Crippen LogP contribution in [0.3, 0.4) is 0 Å². The van der Waals surface area contributed by atoms with Crippen molar-refractivity contribution in [3.63, 3.8) is 0 Å². The smallest absolute Gasteiger partial charge is 0.311 e. The van der Waals surface area contributed by atoms with Crippen LogP contribution in [0.2, 0.25) is 0 Å². The maximum Gasteiger partial charge on any atom is 0.311 e. The number of halogens is 1. The first-order chi connectivity index (χ1) is 11.8. The van der Waals surface area contributed by atoms with Gasteiger partial charge in [0.25, 0.3) is 0 Å². The van der Waals surface area contributed by atoms with Gasteiger partial charge in [0, 0.05) is 11.3 Å². The minimum atomic E-state index is -0.501. The second kappa shape index (κ2) is 5.68. The molecule has 0 aromatic heterocycles. The average Bonchev–Trinajstić information content (AvgIpc) is 2.61. The van der Waals surface area contributed by atoms with Crippen LogP contribution in [-0.4, -0.2) is 31.0 Å². The normalized spacial score (nSPS) is 54.5. The molecular weight excluding hydrogens is 319 g/mol. The van der Waals surface area contributed by atoms with E-state index < -0.39 is 11.5 Å². The van der Waals surface area contributed by atoms with E-state index in [1.54, 1.807) is 0 Å². The molecule has 0 aromatic carbocycles. The van der Waals surface area contributed by atoms with Crippen molar-refractivity contribution in [2.75, 3.05) is 13.8 Å². The summed E-state index contributed by atoms with van der Waals surface area (Å²) >= 11 is 0. The Labute approximate surface area is 150 Å². The zero-order valence-electron chi connectivity index (χ0n) is 15.9. The summed E-state index contributed by atoms with van der Waals surface area (Å²) in [6.45, 7) is 4.07. The number of alkyl halides is 1. The minimum absolute atomic E-state index is 0.0559. The third kappa shape index (κ3) is 2.09. The number of hydrogen-bond acceptors (Lipinski definition) is 3. The molecule has 25 heavy (non-hydrogen) atoms. The highest BCUT2D eigenvalue weighted by atomic mass is 19.1. The van der Waals surface area contributed by atoms with Crippen LogP contribution in [0.4, 0.5) is 4.39 Å². The number of hydrogen-bond donors (Lipinski definition) is 1. The van der Waals surface area contributed by atoms with Crippen LogP contribution in [0.5, 0.6) is 0 Å². The molecule has 5 fully saturated rings. The van der Waals surface area contributed by atoms with E-state index in [0.717, 1.165) is 51.4 Å². The Morgan fingerprint density at radius 3 is 2.56 bits per heavy atom. The molecule has 5 saturated carbocycles. The summed E-state index contributed by atoms with van der Waals surface area (Å²) in [6.07, 6.45) is 7.60. The van der Waals surface area contributed by atoms with E-state index in [1.165, 1.54) is 7.11 Å². The highest BCUT2D eigenvalue weighted by molar-refractivity contribution is 5.77. The first-order valence-electron chi connectivity index (χ1n) is 10.2. The van der Waals surface area contributed by atoms with E-state index in [1.807, 2.05) is 0 Å². The maximum atomic E-state index is 13.6. The second-order valence-electron chi connectivity index (χ2n) is 9.94. The molecule has 3 nitrogen and oxygen atoms in total. The summed E-state index contributed by atoms with van der Waals surface area (Å²) in [6, 6.07) is 0. The molecule has 0 heterocycles. The van der Waals surface area contributed by atoms with Crippen molar-refractivity contribution in [2.45, 2.75) is 71.3 Å². The molecule has 1 spiro atoms. The summed E-state index contributed by atoms with van der Waals surface area (Å²) in [5, 5.41) is 11.1. The highest BCUT2D eigenvalue weighted by Crippen LogP contribution is 2.72. The Bertz CT molecular complexity index is 565. The predicted octanol–water partition coefficient (Wildman–Crippen LogP) is 4.13. The van der Waals surface area contributed by atoms with Crippen molar-refractivity contribution in [3.8, 4) is 0 Å². The van der Waals surface area contributed by atoms with Crippen molar-refractivity contribution in [1.82, 2.24) is 0 Å². The lowest BCUT2D eigenvalue weighted by molar-refractivity contribution is -0.246. The van der Waals surface area contributed by atoms with Gasteiger partial charge < -0.3 is 9.84 Å². The van der Waals surface area contributed by atoms with Gasteiger partial charge in [0.2, 0.25) is 0 Å². The number of rotatable bonds is 2. The van der Waals surface area contributed by atoms with E-state index in [4.69, 9.17) is 4.74 Å². The standard InChI is InChI=1S/C21H33FO3/c1-19-7-4-8-20(2,18(24)25-3)15(19)6-10-21-9-5-13(11-16(19)21)14(12-22)17(21)23/h13-17,23H,4-12H2,1-3H3/t13-,14+,15+,16+,17-,19-,20-,21+/m1/s1. The van der Waals surface area contributed by atoms with Gasteiger partial charge in [-0.3, -0.25) is 9.18 Å². The lowest BCUT2D eigenvalue weighted by Crippen LogP contribution is -2.67. The molecule has 5 rings (SSSR count). The number of aliphatic hydroxyl groups is 1. The molecule has 4 heteroatoms. The molecule has 0 radical (unpaired) electrons. The van der Waals surface area contributed by atoms with Crippen LogP contribution in [-0.2, 0) is 9.53 Å². The average molecular weight is 352 g/mol. The zero-order chi connectivity index (χ0) is 18.0. The lowest BCUT2D eigenvalue weighted by Gasteiger charge is -2.69. The summed E-state index contributed by atoms with van der Waals surface area (Å²) in [5.74, 6) is 0.809. The van der Waals surface area contributed by atoms with Crippen LogP contribution in [0.15, 0.2) is 0 Å². The molecule has 0 amide bonds. The molecule has 2 bridgehead atoms. The summed E-state index contributed by atoms with van der Waals surface area (Å²) in [5.41, 5.74) is -0.476. The molecule has 0 aromatic rings. The van der Waals surface area contributed by atoms with Gasteiger partial charge in [0.15, 0.2) is 0 Å². The molecule has 8 atom stereocenters. The first-order valence-corrected chi connectivity index (χ1v) is 10.2. The number of methoxy groups -OCH3 is 1. The minimum Gasteiger partial charge on any atom is -0.469 e. The van der Waals surface area contributed by atoms with Crippen molar-refractivity contribution in [1.29, 1.82) is 0 Å². The number of carbonyl (C=O) groups excluding carboxylic acids is 1. The Balaban J connectivity index is 1.73. The molecule has 5 aliphatic carbocycles. The summed E-state index contributed by atoms with van der Waals surface area (Å²) < 4.78 is 18.8. The molecular formula is C21H33FO3. The molecule has 0 unspecified atom stereocenters. The van der Waals surface area contributed by atoms with Crippen LogP contribution >= 0.6 is 0 Å². The topological polar surface area (TPSA) is 46.5 Å².